The summed E-state index contributed by atoms with van der Waals surface area (Å²) in [6.45, 7) is 0. The van der Waals surface area contributed by atoms with Crippen LogP contribution >= 0.6 is 22.9 Å². The largest absolute Gasteiger partial charge is 0.398 e. The van der Waals surface area contributed by atoms with Crippen LogP contribution in [-0.4, -0.2) is 23.0 Å². The molecule has 0 spiro atoms. The maximum atomic E-state index is 10.8. The van der Waals surface area contributed by atoms with Crippen molar-refractivity contribution >= 4 is 33.9 Å². The van der Waals surface area contributed by atoms with Crippen LogP contribution in [0.15, 0.2) is 16.0 Å². The molecule has 0 aliphatic carbocycles. The van der Waals surface area contributed by atoms with Gasteiger partial charge in [-0.25, -0.2) is 4.98 Å². The Balaban J connectivity index is 2.96. The topological polar surface area (TPSA) is 51.5 Å². The van der Waals surface area contributed by atoms with E-state index in [1.165, 1.54) is 18.4 Å². The molecule has 0 atom stereocenters. The highest BCUT2D eigenvalue weighted by Crippen LogP contribution is 2.05. The quantitative estimate of drug-likeness (QED) is 0.423. The van der Waals surface area contributed by atoms with Gasteiger partial charge in [0.15, 0.2) is 5.71 Å². The highest BCUT2D eigenvalue weighted by molar-refractivity contribution is 7.08. The van der Waals surface area contributed by atoms with Gasteiger partial charge in [0.25, 0.3) is 5.24 Å². The minimum atomic E-state index is -0.678. The molecule has 0 amide bonds. The molecule has 4 nitrogen and oxygen atoms in total. The van der Waals surface area contributed by atoms with Crippen molar-refractivity contribution in [3.8, 4) is 0 Å². The van der Waals surface area contributed by atoms with E-state index in [0.717, 1.165) is 0 Å². The predicted molar refractivity (Wildman–Crippen MR) is 46.5 cm³/mol. The Morgan fingerprint density at radius 1 is 1.83 bits per heavy atom. The van der Waals surface area contributed by atoms with Gasteiger partial charge in [-0.3, -0.25) is 4.79 Å². The molecule has 1 heterocycles. The van der Waals surface area contributed by atoms with Crippen LogP contribution in [0.3, 0.4) is 0 Å². The zero-order valence-corrected chi connectivity index (χ0v) is 7.72. The summed E-state index contributed by atoms with van der Waals surface area (Å²) < 4.78 is 0. The fourth-order valence-electron chi connectivity index (χ4n) is 0.604. The molecule has 0 aliphatic rings. The number of oxime groups is 1. The summed E-state index contributed by atoms with van der Waals surface area (Å²) in [4.78, 5) is 19.0. The van der Waals surface area contributed by atoms with Crippen LogP contribution in [0.5, 0.6) is 0 Å². The second kappa shape index (κ2) is 4.18. The first-order valence-electron chi connectivity index (χ1n) is 2.95. The van der Waals surface area contributed by atoms with Gasteiger partial charge >= 0.3 is 0 Å². The molecule has 0 aromatic carbocycles. The second-order valence-electron chi connectivity index (χ2n) is 1.77. The number of thiazole rings is 1. The van der Waals surface area contributed by atoms with E-state index in [4.69, 9.17) is 11.6 Å². The second-order valence-corrected chi connectivity index (χ2v) is 2.83. The molecule has 12 heavy (non-hydrogen) atoms. The lowest BCUT2D eigenvalue weighted by molar-refractivity contribution is -0.106. The standard InChI is InChI=1S/C6H5ClN2O2S/c1-11-9-5(6(7)10)4-2-12-3-8-4/h2-3H,1H3. The van der Waals surface area contributed by atoms with E-state index in [1.54, 1.807) is 10.9 Å². The zero-order chi connectivity index (χ0) is 8.97. The first kappa shape index (κ1) is 9.15. The lowest BCUT2D eigenvalue weighted by atomic mass is 10.3. The molecule has 1 aromatic rings. The van der Waals surface area contributed by atoms with Crippen LogP contribution in [0.25, 0.3) is 0 Å². The fourth-order valence-corrected chi connectivity index (χ4v) is 1.27. The molecule has 0 bridgehead atoms. The summed E-state index contributed by atoms with van der Waals surface area (Å²) in [7, 11) is 1.34. The Hall–Kier alpha value is -0.940. The van der Waals surface area contributed by atoms with Gasteiger partial charge in [-0.2, -0.15) is 0 Å². The maximum absolute atomic E-state index is 10.8. The van der Waals surface area contributed by atoms with Crippen molar-refractivity contribution in [2.45, 2.75) is 0 Å². The average molecular weight is 205 g/mol. The van der Waals surface area contributed by atoms with E-state index in [9.17, 15) is 4.79 Å². The third-order valence-corrected chi connectivity index (χ3v) is 1.81. The Morgan fingerprint density at radius 2 is 2.58 bits per heavy atom. The summed E-state index contributed by atoms with van der Waals surface area (Å²) in [5, 5.41) is 4.43. The summed E-state index contributed by atoms with van der Waals surface area (Å²) in [5.74, 6) is 0. The molecule has 0 unspecified atom stereocenters. The van der Waals surface area contributed by atoms with Crippen molar-refractivity contribution in [1.29, 1.82) is 0 Å². The van der Waals surface area contributed by atoms with Crippen LogP contribution < -0.4 is 0 Å². The number of nitrogens with zero attached hydrogens (tertiary/aromatic N) is 2. The molecule has 1 aromatic heterocycles. The summed E-state index contributed by atoms with van der Waals surface area (Å²) >= 11 is 6.58. The summed E-state index contributed by atoms with van der Waals surface area (Å²) in [5.41, 5.74) is 2.04. The van der Waals surface area contributed by atoms with Gasteiger partial charge in [0.1, 0.15) is 12.8 Å². The van der Waals surface area contributed by atoms with Crippen molar-refractivity contribution in [2.75, 3.05) is 7.11 Å². The van der Waals surface area contributed by atoms with Gasteiger partial charge in [-0.05, 0) is 11.6 Å². The monoisotopic (exact) mass is 204 g/mol. The third kappa shape index (κ3) is 2.02. The fraction of sp³-hybridized carbons (Fsp3) is 0.167. The lowest BCUT2D eigenvalue weighted by Gasteiger charge is -1.93. The van der Waals surface area contributed by atoms with E-state index in [0.29, 0.717) is 5.69 Å². The van der Waals surface area contributed by atoms with Crippen molar-refractivity contribution < 1.29 is 9.63 Å². The molecule has 1 rings (SSSR count). The molecule has 0 fully saturated rings. The Bertz CT molecular complexity index is 297. The molecule has 0 N–H and O–H groups in total. The Kier molecular flexibility index (Phi) is 3.19. The molecular weight excluding hydrogens is 200 g/mol. The minimum absolute atomic E-state index is 0.0282. The van der Waals surface area contributed by atoms with Gasteiger partial charge in [0.05, 0.1) is 5.51 Å². The highest BCUT2D eigenvalue weighted by Gasteiger charge is 2.13. The van der Waals surface area contributed by atoms with E-state index in [1.807, 2.05) is 0 Å². The third-order valence-electron chi connectivity index (χ3n) is 1.04. The zero-order valence-electron chi connectivity index (χ0n) is 6.15. The normalized spacial score (nSPS) is 11.3. The SMILES string of the molecule is CON=C(C(=O)Cl)c1cscn1. The average Bonchev–Trinajstić information content (AvgIpc) is 2.51. The summed E-state index contributed by atoms with van der Waals surface area (Å²) in [6.07, 6.45) is 0. The summed E-state index contributed by atoms with van der Waals surface area (Å²) in [6, 6.07) is 0. The maximum Gasteiger partial charge on any atom is 0.276 e. The Morgan fingerprint density at radius 3 is 3.00 bits per heavy atom. The van der Waals surface area contributed by atoms with Crippen molar-refractivity contribution in [1.82, 2.24) is 4.98 Å². The van der Waals surface area contributed by atoms with Gasteiger partial charge in [0.2, 0.25) is 0 Å². The van der Waals surface area contributed by atoms with E-state index in [2.05, 4.69) is 15.0 Å². The van der Waals surface area contributed by atoms with Gasteiger partial charge in [0, 0.05) is 5.38 Å². The number of rotatable bonds is 3. The van der Waals surface area contributed by atoms with E-state index in [-0.39, 0.29) is 5.71 Å². The van der Waals surface area contributed by atoms with Crippen LogP contribution in [0.4, 0.5) is 0 Å². The smallest absolute Gasteiger partial charge is 0.276 e. The van der Waals surface area contributed by atoms with E-state index < -0.39 is 5.24 Å². The lowest BCUT2D eigenvalue weighted by Crippen LogP contribution is -2.10. The number of hydrogen-bond acceptors (Lipinski definition) is 5. The molecule has 0 radical (unpaired) electrons. The molecule has 0 aliphatic heterocycles. The van der Waals surface area contributed by atoms with Crippen molar-refractivity contribution in [3.63, 3.8) is 0 Å². The predicted octanol–water partition coefficient (Wildman–Crippen LogP) is 1.26. The van der Waals surface area contributed by atoms with E-state index >= 15 is 0 Å². The number of halogens is 1. The molecule has 64 valence electrons. The number of carbonyl (C=O) groups is 1. The van der Waals surface area contributed by atoms with Gasteiger partial charge in [-0.1, -0.05) is 5.16 Å². The van der Waals surface area contributed by atoms with Gasteiger partial charge in [-0.15, -0.1) is 11.3 Å². The Labute approximate surface area is 77.8 Å². The number of carbonyl (C=O) groups excluding carboxylic acids is 1. The molecule has 0 saturated heterocycles. The molecule has 6 heteroatoms. The number of aromatic nitrogens is 1. The first-order valence-corrected chi connectivity index (χ1v) is 4.27. The van der Waals surface area contributed by atoms with Crippen molar-refractivity contribution in [2.24, 2.45) is 5.16 Å². The van der Waals surface area contributed by atoms with Crippen LogP contribution in [0.2, 0.25) is 0 Å². The molecular formula is C6H5ClN2O2S. The minimum Gasteiger partial charge on any atom is -0.398 e. The van der Waals surface area contributed by atoms with Crippen LogP contribution in [0.1, 0.15) is 5.69 Å². The first-order chi connectivity index (χ1) is 5.75. The highest BCUT2D eigenvalue weighted by atomic mass is 35.5. The van der Waals surface area contributed by atoms with Crippen LogP contribution in [-0.2, 0) is 9.63 Å². The van der Waals surface area contributed by atoms with Crippen molar-refractivity contribution in [3.05, 3.63) is 16.6 Å². The van der Waals surface area contributed by atoms with Crippen LogP contribution in [0, 0.1) is 0 Å². The molecule has 0 saturated carbocycles. The van der Waals surface area contributed by atoms with Gasteiger partial charge < -0.3 is 4.84 Å². The number of hydrogen-bond donors (Lipinski definition) is 0.